The number of halogens is 1. The fourth-order valence-electron chi connectivity index (χ4n) is 3.84. The highest BCUT2D eigenvalue weighted by molar-refractivity contribution is 9.10. The van der Waals surface area contributed by atoms with Crippen molar-refractivity contribution in [3.8, 4) is 0 Å². The standard InChI is InChI=1S/C19H23Br/c1-17(2)14-11-12-9-7-8-10-13(12)16(20)15(14)18(3,4)19(17,5)6/h7-11H,1-6H3. The second-order valence-corrected chi connectivity index (χ2v) is 8.50. The number of benzene rings is 2. The molecule has 0 saturated heterocycles. The largest absolute Gasteiger partial charge is 0.0616 e. The molecule has 0 aliphatic heterocycles. The van der Waals surface area contributed by atoms with Crippen LogP contribution in [0.2, 0.25) is 0 Å². The van der Waals surface area contributed by atoms with Crippen LogP contribution in [0.25, 0.3) is 10.8 Å². The van der Waals surface area contributed by atoms with Crippen molar-refractivity contribution in [2.45, 2.75) is 52.4 Å². The molecule has 0 saturated carbocycles. The molecule has 0 atom stereocenters. The first kappa shape index (κ1) is 14.1. The van der Waals surface area contributed by atoms with Crippen molar-refractivity contribution in [1.29, 1.82) is 0 Å². The molecule has 106 valence electrons. The zero-order valence-corrected chi connectivity index (χ0v) is 14.9. The number of fused-ring (bicyclic) bond motifs is 2. The van der Waals surface area contributed by atoms with Crippen molar-refractivity contribution in [2.75, 3.05) is 0 Å². The lowest BCUT2D eigenvalue weighted by atomic mass is 9.59. The highest BCUT2D eigenvalue weighted by Gasteiger charge is 2.57. The van der Waals surface area contributed by atoms with Gasteiger partial charge in [-0.2, -0.15) is 0 Å². The van der Waals surface area contributed by atoms with Gasteiger partial charge in [-0.1, -0.05) is 71.9 Å². The van der Waals surface area contributed by atoms with Crippen LogP contribution in [-0.4, -0.2) is 0 Å². The molecule has 0 unspecified atom stereocenters. The maximum atomic E-state index is 3.91. The topological polar surface area (TPSA) is 0 Å². The van der Waals surface area contributed by atoms with E-state index < -0.39 is 0 Å². The molecular formula is C19H23Br. The Morgan fingerprint density at radius 2 is 1.45 bits per heavy atom. The molecular weight excluding hydrogens is 308 g/mol. The van der Waals surface area contributed by atoms with Crippen LogP contribution in [0.1, 0.15) is 52.7 Å². The van der Waals surface area contributed by atoms with Crippen LogP contribution in [0.5, 0.6) is 0 Å². The van der Waals surface area contributed by atoms with E-state index in [1.54, 1.807) is 0 Å². The number of hydrogen-bond donors (Lipinski definition) is 0. The Morgan fingerprint density at radius 3 is 2.10 bits per heavy atom. The predicted octanol–water partition coefficient (Wildman–Crippen LogP) is 6.20. The van der Waals surface area contributed by atoms with E-state index >= 15 is 0 Å². The van der Waals surface area contributed by atoms with Crippen LogP contribution in [0, 0.1) is 5.41 Å². The summed E-state index contributed by atoms with van der Waals surface area (Å²) in [6.45, 7) is 14.4. The number of rotatable bonds is 0. The fraction of sp³-hybridized carbons (Fsp3) is 0.474. The molecule has 0 aromatic heterocycles. The Morgan fingerprint density at radius 1 is 0.850 bits per heavy atom. The van der Waals surface area contributed by atoms with Crippen molar-refractivity contribution in [3.63, 3.8) is 0 Å². The monoisotopic (exact) mass is 330 g/mol. The minimum atomic E-state index is 0.148. The SMILES string of the molecule is CC1(C)c2cc3ccccc3c(Br)c2C(C)(C)C1(C)C. The van der Waals surface area contributed by atoms with Gasteiger partial charge in [0, 0.05) is 4.47 Å². The molecule has 0 nitrogen and oxygen atoms in total. The lowest BCUT2D eigenvalue weighted by Crippen LogP contribution is -2.42. The summed E-state index contributed by atoms with van der Waals surface area (Å²) < 4.78 is 1.29. The molecule has 3 rings (SSSR count). The van der Waals surface area contributed by atoms with Gasteiger partial charge in [0.05, 0.1) is 0 Å². The minimum Gasteiger partial charge on any atom is -0.0616 e. The van der Waals surface area contributed by atoms with E-state index in [2.05, 4.69) is 87.8 Å². The van der Waals surface area contributed by atoms with E-state index in [-0.39, 0.29) is 16.2 Å². The molecule has 0 heterocycles. The average Bonchev–Trinajstić information content (AvgIpc) is 2.46. The van der Waals surface area contributed by atoms with Crippen molar-refractivity contribution in [2.24, 2.45) is 5.41 Å². The molecule has 1 aliphatic carbocycles. The third-order valence-corrected chi connectivity index (χ3v) is 7.23. The van der Waals surface area contributed by atoms with Gasteiger partial charge in [0.2, 0.25) is 0 Å². The van der Waals surface area contributed by atoms with Gasteiger partial charge in [-0.15, -0.1) is 0 Å². The van der Waals surface area contributed by atoms with Crippen LogP contribution in [-0.2, 0) is 10.8 Å². The predicted molar refractivity (Wildman–Crippen MR) is 91.5 cm³/mol. The van der Waals surface area contributed by atoms with E-state index in [0.29, 0.717) is 0 Å². The van der Waals surface area contributed by atoms with Gasteiger partial charge in [-0.3, -0.25) is 0 Å². The molecule has 0 amide bonds. The molecule has 20 heavy (non-hydrogen) atoms. The summed E-state index contributed by atoms with van der Waals surface area (Å²) in [5, 5.41) is 2.66. The van der Waals surface area contributed by atoms with E-state index in [9.17, 15) is 0 Å². The van der Waals surface area contributed by atoms with E-state index in [1.807, 2.05) is 0 Å². The van der Waals surface area contributed by atoms with Crippen molar-refractivity contribution in [1.82, 2.24) is 0 Å². The van der Waals surface area contributed by atoms with Gasteiger partial charge in [-0.05, 0) is 54.1 Å². The molecule has 0 spiro atoms. The molecule has 0 N–H and O–H groups in total. The summed E-state index contributed by atoms with van der Waals surface area (Å²) in [4.78, 5) is 0. The Bertz CT molecular complexity index is 705. The van der Waals surface area contributed by atoms with Crippen LogP contribution >= 0.6 is 15.9 Å². The van der Waals surface area contributed by atoms with Crippen LogP contribution in [0.4, 0.5) is 0 Å². The smallest absolute Gasteiger partial charge is 0.0294 e. The molecule has 0 radical (unpaired) electrons. The molecule has 1 heteroatoms. The maximum Gasteiger partial charge on any atom is 0.0294 e. The molecule has 0 fully saturated rings. The van der Waals surface area contributed by atoms with Crippen molar-refractivity contribution >= 4 is 26.7 Å². The van der Waals surface area contributed by atoms with Gasteiger partial charge in [0.25, 0.3) is 0 Å². The fourth-order valence-corrected chi connectivity index (χ4v) is 4.91. The van der Waals surface area contributed by atoms with Crippen molar-refractivity contribution < 1.29 is 0 Å². The van der Waals surface area contributed by atoms with Gasteiger partial charge in [0.15, 0.2) is 0 Å². The second kappa shape index (κ2) is 3.88. The van der Waals surface area contributed by atoms with Crippen LogP contribution < -0.4 is 0 Å². The average molecular weight is 331 g/mol. The summed E-state index contributed by atoms with van der Waals surface area (Å²) in [5.41, 5.74) is 3.51. The quantitative estimate of drug-likeness (QED) is 0.539. The van der Waals surface area contributed by atoms with Gasteiger partial charge >= 0.3 is 0 Å². The summed E-state index contributed by atoms with van der Waals surface area (Å²) in [5.74, 6) is 0. The van der Waals surface area contributed by atoms with Crippen LogP contribution in [0.15, 0.2) is 34.8 Å². The Balaban J connectivity index is 2.50. The lowest BCUT2D eigenvalue weighted by molar-refractivity contribution is 0.125. The number of hydrogen-bond acceptors (Lipinski definition) is 0. The molecule has 2 aromatic carbocycles. The lowest BCUT2D eigenvalue weighted by Gasteiger charge is -2.44. The third-order valence-electron chi connectivity index (χ3n) is 6.41. The van der Waals surface area contributed by atoms with E-state index in [4.69, 9.17) is 0 Å². The van der Waals surface area contributed by atoms with Crippen LogP contribution in [0.3, 0.4) is 0 Å². The zero-order chi connectivity index (χ0) is 14.9. The Labute approximate surface area is 130 Å². The first-order valence-corrected chi connectivity index (χ1v) is 8.14. The normalized spacial score (nSPS) is 21.9. The summed E-state index contributed by atoms with van der Waals surface area (Å²) in [6.07, 6.45) is 0. The zero-order valence-electron chi connectivity index (χ0n) is 13.3. The highest BCUT2D eigenvalue weighted by Crippen LogP contribution is 2.63. The maximum absolute atomic E-state index is 3.91. The highest BCUT2D eigenvalue weighted by atomic mass is 79.9. The summed E-state index contributed by atoms with van der Waals surface area (Å²) >= 11 is 3.91. The first-order valence-electron chi connectivity index (χ1n) is 7.34. The summed E-state index contributed by atoms with van der Waals surface area (Å²) in [6, 6.07) is 11.1. The molecule has 0 bridgehead atoms. The van der Waals surface area contributed by atoms with Crippen molar-refractivity contribution in [3.05, 3.63) is 45.9 Å². The van der Waals surface area contributed by atoms with Gasteiger partial charge in [0.1, 0.15) is 0 Å². The summed E-state index contributed by atoms with van der Waals surface area (Å²) in [7, 11) is 0. The first-order chi connectivity index (χ1) is 9.12. The Kier molecular flexibility index (Phi) is 2.74. The molecule has 2 aromatic rings. The van der Waals surface area contributed by atoms with Gasteiger partial charge in [-0.25, -0.2) is 0 Å². The minimum absolute atomic E-state index is 0.148. The second-order valence-electron chi connectivity index (χ2n) is 7.71. The third kappa shape index (κ3) is 1.43. The molecule has 1 aliphatic rings. The van der Waals surface area contributed by atoms with Gasteiger partial charge < -0.3 is 0 Å². The van der Waals surface area contributed by atoms with E-state index in [1.165, 1.54) is 26.4 Å². The van der Waals surface area contributed by atoms with E-state index in [0.717, 1.165) is 0 Å². The Hall–Kier alpha value is -0.820.